The summed E-state index contributed by atoms with van der Waals surface area (Å²) in [6.45, 7) is 11.1. The lowest BCUT2D eigenvalue weighted by Gasteiger charge is -2.38. The molecule has 33 heavy (non-hydrogen) atoms. The third-order valence-electron chi connectivity index (χ3n) is 6.16. The van der Waals surface area contributed by atoms with Gasteiger partial charge >= 0.3 is 0 Å². The van der Waals surface area contributed by atoms with Crippen molar-refractivity contribution in [3.8, 4) is 5.75 Å². The Morgan fingerprint density at radius 1 is 1.18 bits per heavy atom. The predicted molar refractivity (Wildman–Crippen MR) is 133 cm³/mol. The highest BCUT2D eigenvalue weighted by Crippen LogP contribution is 2.47. The van der Waals surface area contributed by atoms with Crippen LogP contribution in [-0.4, -0.2) is 28.1 Å². The number of aromatic amines is 1. The molecule has 176 valence electrons. The number of hydrogen-bond donors (Lipinski definition) is 2. The number of ether oxygens (including phenoxy) is 1. The number of carbonyl (C=O) groups excluding carboxylic acids is 1. The van der Waals surface area contributed by atoms with Crippen molar-refractivity contribution in [1.29, 1.82) is 0 Å². The number of nitrogens with zero attached hydrogens (tertiary/aromatic N) is 1. The van der Waals surface area contributed by atoms with Gasteiger partial charge in [0, 0.05) is 29.4 Å². The number of hydrogen-bond acceptors (Lipinski definition) is 6. The first-order valence-corrected chi connectivity index (χ1v) is 12.7. The predicted octanol–water partition coefficient (Wildman–Crippen LogP) is 5.51. The van der Waals surface area contributed by atoms with E-state index in [1.807, 2.05) is 31.2 Å². The Hall–Kier alpha value is -2.54. The first-order chi connectivity index (χ1) is 15.7. The molecule has 1 unspecified atom stereocenters. The number of nitrogens with one attached hydrogen (secondary N) is 2. The second kappa shape index (κ2) is 9.37. The zero-order chi connectivity index (χ0) is 23.8. The smallest absolute Gasteiger partial charge is 0.257 e. The molecule has 1 aliphatic carbocycles. The number of ketones is 1. The zero-order valence-electron chi connectivity index (χ0n) is 20.1. The van der Waals surface area contributed by atoms with Gasteiger partial charge in [-0.05, 0) is 48.8 Å². The molecule has 0 amide bonds. The molecule has 0 spiro atoms. The van der Waals surface area contributed by atoms with Crippen LogP contribution in [-0.2, 0) is 4.79 Å². The second-order valence-electron chi connectivity index (χ2n) is 10.1. The summed E-state index contributed by atoms with van der Waals surface area (Å²) in [7, 11) is 0. The maximum absolute atomic E-state index is 13.3. The van der Waals surface area contributed by atoms with Gasteiger partial charge in [-0.1, -0.05) is 51.6 Å². The number of benzene rings is 1. The first kappa shape index (κ1) is 23.6. The highest BCUT2D eigenvalue weighted by atomic mass is 32.2. The zero-order valence-corrected chi connectivity index (χ0v) is 20.9. The van der Waals surface area contributed by atoms with Gasteiger partial charge in [0.2, 0.25) is 0 Å². The number of allylic oxidation sites excluding steroid dienone is 2. The van der Waals surface area contributed by atoms with E-state index in [0.717, 1.165) is 35.6 Å². The molecule has 2 N–H and O–H groups in total. The summed E-state index contributed by atoms with van der Waals surface area (Å²) < 4.78 is 5.59. The maximum atomic E-state index is 13.3. The van der Waals surface area contributed by atoms with Crippen molar-refractivity contribution < 1.29 is 9.53 Å². The minimum Gasteiger partial charge on any atom is -0.494 e. The molecule has 0 saturated heterocycles. The quantitative estimate of drug-likeness (QED) is 0.413. The van der Waals surface area contributed by atoms with Crippen LogP contribution in [0.5, 0.6) is 5.75 Å². The Labute approximate surface area is 199 Å². The SMILES string of the molecule is CCOc1ccc(C2C3=C(CC(C)(C)CC3=O)Nc3nc(SCCC(C)C)[nH]c(=O)c32)cc1. The van der Waals surface area contributed by atoms with Crippen molar-refractivity contribution >= 4 is 23.4 Å². The lowest BCUT2D eigenvalue weighted by molar-refractivity contribution is -0.118. The van der Waals surface area contributed by atoms with E-state index in [9.17, 15) is 9.59 Å². The Balaban J connectivity index is 1.80. The standard InChI is InChI=1S/C26H33N3O3S/c1-6-32-17-9-7-16(8-10-17)20-21-18(13-26(4,5)14-19(21)30)27-23-22(20)24(31)29-25(28-23)33-12-11-15(2)3/h7-10,15,20H,6,11-14H2,1-5H3,(H2,27,28,29,31). The van der Waals surface area contributed by atoms with Crippen LogP contribution in [0.4, 0.5) is 5.82 Å². The van der Waals surface area contributed by atoms with Gasteiger partial charge in [-0.2, -0.15) is 0 Å². The van der Waals surface area contributed by atoms with E-state index < -0.39 is 5.92 Å². The highest BCUT2D eigenvalue weighted by Gasteiger charge is 2.42. The van der Waals surface area contributed by atoms with Gasteiger partial charge in [0.1, 0.15) is 11.6 Å². The molecule has 4 rings (SSSR count). The van der Waals surface area contributed by atoms with Gasteiger partial charge in [0.15, 0.2) is 10.9 Å². The number of thioether (sulfide) groups is 1. The number of carbonyl (C=O) groups is 1. The number of rotatable bonds is 7. The number of Topliss-reactive ketones (excluding diaryl/α,β-unsaturated/α-hetero) is 1. The lowest BCUT2D eigenvalue weighted by Crippen LogP contribution is -2.37. The van der Waals surface area contributed by atoms with Gasteiger partial charge in [-0.25, -0.2) is 4.98 Å². The molecule has 0 saturated carbocycles. The van der Waals surface area contributed by atoms with Crippen molar-refractivity contribution in [1.82, 2.24) is 9.97 Å². The summed E-state index contributed by atoms with van der Waals surface area (Å²) in [5, 5.41) is 4.00. The molecule has 2 heterocycles. The molecule has 0 radical (unpaired) electrons. The Kier molecular flexibility index (Phi) is 6.71. The monoisotopic (exact) mass is 467 g/mol. The van der Waals surface area contributed by atoms with Crippen molar-refractivity contribution in [3.63, 3.8) is 0 Å². The molecule has 2 aliphatic rings. The fourth-order valence-corrected chi connectivity index (χ4v) is 5.71. The summed E-state index contributed by atoms with van der Waals surface area (Å²) in [6.07, 6.45) is 2.25. The third kappa shape index (κ3) is 5.03. The third-order valence-corrected chi connectivity index (χ3v) is 7.07. The molecule has 7 heteroatoms. The summed E-state index contributed by atoms with van der Waals surface area (Å²) in [4.78, 5) is 34.4. The minimum atomic E-state index is -0.443. The van der Waals surface area contributed by atoms with Crippen molar-refractivity contribution in [3.05, 3.63) is 57.0 Å². The first-order valence-electron chi connectivity index (χ1n) is 11.7. The van der Waals surface area contributed by atoms with Gasteiger partial charge in [0.05, 0.1) is 12.2 Å². The molecule has 0 bridgehead atoms. The molecule has 1 aliphatic heterocycles. The topological polar surface area (TPSA) is 84.1 Å². The van der Waals surface area contributed by atoms with E-state index in [4.69, 9.17) is 9.72 Å². The molecule has 1 aromatic carbocycles. The molecule has 0 fully saturated rings. The van der Waals surface area contributed by atoms with Gasteiger partial charge < -0.3 is 15.0 Å². The van der Waals surface area contributed by atoms with E-state index in [2.05, 4.69) is 38.0 Å². The van der Waals surface area contributed by atoms with E-state index in [1.165, 1.54) is 0 Å². The van der Waals surface area contributed by atoms with Crippen LogP contribution >= 0.6 is 11.8 Å². The molecule has 6 nitrogen and oxygen atoms in total. The second-order valence-corrected chi connectivity index (χ2v) is 11.1. The van der Waals surface area contributed by atoms with Gasteiger partial charge in [-0.15, -0.1) is 0 Å². The van der Waals surface area contributed by atoms with Crippen LogP contribution < -0.4 is 15.6 Å². The Morgan fingerprint density at radius 3 is 2.58 bits per heavy atom. The summed E-state index contributed by atoms with van der Waals surface area (Å²) in [5.74, 6) is 2.46. The van der Waals surface area contributed by atoms with Gasteiger partial charge in [0.25, 0.3) is 5.56 Å². The molecular weight excluding hydrogens is 434 g/mol. The van der Waals surface area contributed by atoms with Crippen LogP contribution in [0.3, 0.4) is 0 Å². The summed E-state index contributed by atoms with van der Waals surface area (Å²) in [6, 6.07) is 7.70. The number of H-pyrrole nitrogens is 1. The maximum Gasteiger partial charge on any atom is 0.257 e. The van der Waals surface area contributed by atoms with Crippen LogP contribution in [0.1, 0.15) is 70.9 Å². The van der Waals surface area contributed by atoms with E-state index >= 15 is 0 Å². The van der Waals surface area contributed by atoms with Crippen LogP contribution in [0.2, 0.25) is 0 Å². The summed E-state index contributed by atoms with van der Waals surface area (Å²) in [5.41, 5.74) is 2.66. The molecular formula is C26H33N3O3S. The fourth-order valence-electron chi connectivity index (χ4n) is 4.61. The van der Waals surface area contributed by atoms with E-state index in [-0.39, 0.29) is 16.8 Å². The average molecular weight is 468 g/mol. The number of fused-ring (bicyclic) bond motifs is 1. The van der Waals surface area contributed by atoms with Crippen molar-refractivity contribution in [2.75, 3.05) is 17.7 Å². The van der Waals surface area contributed by atoms with Crippen molar-refractivity contribution in [2.24, 2.45) is 11.3 Å². The van der Waals surface area contributed by atoms with Crippen LogP contribution in [0, 0.1) is 11.3 Å². The minimum absolute atomic E-state index is 0.0908. The normalized spacial score (nSPS) is 19.2. The highest BCUT2D eigenvalue weighted by molar-refractivity contribution is 7.99. The molecule has 1 aromatic heterocycles. The van der Waals surface area contributed by atoms with Gasteiger partial charge in [-0.3, -0.25) is 9.59 Å². The Morgan fingerprint density at radius 2 is 1.91 bits per heavy atom. The largest absolute Gasteiger partial charge is 0.494 e. The van der Waals surface area contributed by atoms with Crippen LogP contribution in [0.15, 0.2) is 45.5 Å². The number of anilines is 1. The van der Waals surface area contributed by atoms with E-state index in [1.54, 1.807) is 11.8 Å². The van der Waals surface area contributed by atoms with Crippen molar-refractivity contribution in [2.45, 2.75) is 65.0 Å². The number of aromatic nitrogens is 2. The summed E-state index contributed by atoms with van der Waals surface area (Å²) >= 11 is 1.56. The lowest BCUT2D eigenvalue weighted by atomic mass is 9.69. The van der Waals surface area contributed by atoms with E-state index in [0.29, 0.717) is 41.1 Å². The van der Waals surface area contributed by atoms with Crippen LogP contribution in [0.25, 0.3) is 0 Å². The molecule has 1 atom stereocenters. The fraction of sp³-hybridized carbons (Fsp3) is 0.500. The average Bonchev–Trinajstić information content (AvgIpc) is 2.72. The molecule has 2 aromatic rings. The Bertz CT molecular complexity index is 1130.